The zero-order valence-corrected chi connectivity index (χ0v) is 9.50. The van der Waals surface area contributed by atoms with Crippen LogP contribution in [0.4, 0.5) is 0 Å². The van der Waals surface area contributed by atoms with Gasteiger partial charge in [0.25, 0.3) is 0 Å². The van der Waals surface area contributed by atoms with E-state index in [1.165, 1.54) is 38.9 Å². The van der Waals surface area contributed by atoms with Crippen LogP contribution in [0.5, 0.6) is 0 Å². The monoisotopic (exact) mass is 201 g/mol. The standard InChI is InChI=1S/C12H15N3/c1-5-7(3)14-12-9(5)11-10(15-12)6(2)8(4)13-11/h13-15H,1-4H3. The van der Waals surface area contributed by atoms with Crippen LogP contribution in [0.2, 0.25) is 0 Å². The lowest BCUT2D eigenvalue weighted by atomic mass is 10.2. The lowest BCUT2D eigenvalue weighted by Crippen LogP contribution is -1.75. The van der Waals surface area contributed by atoms with Crippen LogP contribution in [0.1, 0.15) is 22.5 Å². The number of hydrogen-bond acceptors (Lipinski definition) is 0. The molecule has 0 aliphatic rings. The van der Waals surface area contributed by atoms with E-state index in [1.54, 1.807) is 0 Å². The van der Waals surface area contributed by atoms with Crippen molar-refractivity contribution in [1.29, 1.82) is 0 Å². The molecule has 3 heteroatoms. The molecule has 0 bridgehead atoms. The number of H-pyrrole nitrogens is 3. The van der Waals surface area contributed by atoms with Crippen LogP contribution in [-0.2, 0) is 0 Å². The molecule has 0 amide bonds. The Labute approximate surface area is 87.9 Å². The number of hydrogen-bond donors (Lipinski definition) is 3. The molecule has 0 aliphatic heterocycles. The van der Waals surface area contributed by atoms with Crippen LogP contribution >= 0.6 is 0 Å². The highest BCUT2D eigenvalue weighted by Crippen LogP contribution is 2.31. The van der Waals surface area contributed by atoms with Crippen LogP contribution < -0.4 is 0 Å². The number of rotatable bonds is 0. The van der Waals surface area contributed by atoms with Crippen molar-refractivity contribution >= 4 is 22.1 Å². The summed E-state index contributed by atoms with van der Waals surface area (Å²) in [6.07, 6.45) is 0. The smallest absolute Gasteiger partial charge is 0.117 e. The van der Waals surface area contributed by atoms with Gasteiger partial charge in [-0.2, -0.15) is 0 Å². The topological polar surface area (TPSA) is 47.4 Å². The van der Waals surface area contributed by atoms with Crippen molar-refractivity contribution in [2.45, 2.75) is 27.7 Å². The second-order valence-corrected chi connectivity index (χ2v) is 4.38. The maximum atomic E-state index is 3.45. The lowest BCUT2D eigenvalue weighted by Gasteiger charge is -1.88. The van der Waals surface area contributed by atoms with Crippen molar-refractivity contribution in [1.82, 2.24) is 15.0 Å². The van der Waals surface area contributed by atoms with Gasteiger partial charge in [0.15, 0.2) is 0 Å². The Morgan fingerprint density at radius 2 is 1.33 bits per heavy atom. The zero-order chi connectivity index (χ0) is 10.7. The van der Waals surface area contributed by atoms with Crippen molar-refractivity contribution in [2.75, 3.05) is 0 Å². The van der Waals surface area contributed by atoms with E-state index in [0.717, 1.165) is 5.65 Å². The van der Waals surface area contributed by atoms with Gasteiger partial charge in [-0.05, 0) is 38.8 Å². The van der Waals surface area contributed by atoms with E-state index in [4.69, 9.17) is 0 Å². The van der Waals surface area contributed by atoms with Gasteiger partial charge < -0.3 is 15.0 Å². The molecule has 0 atom stereocenters. The summed E-state index contributed by atoms with van der Waals surface area (Å²) in [5.74, 6) is 0. The SMILES string of the molecule is Cc1[nH]c2c([nH]c3[nH]c(C)c(C)c32)c1C. The fourth-order valence-corrected chi connectivity index (χ4v) is 2.31. The van der Waals surface area contributed by atoms with Gasteiger partial charge in [-0.25, -0.2) is 0 Å². The number of nitrogens with one attached hydrogen (secondary N) is 3. The molecule has 3 N–H and O–H groups in total. The van der Waals surface area contributed by atoms with Crippen molar-refractivity contribution in [3.05, 3.63) is 22.5 Å². The van der Waals surface area contributed by atoms with Crippen molar-refractivity contribution in [3.63, 3.8) is 0 Å². The third kappa shape index (κ3) is 0.902. The highest BCUT2D eigenvalue weighted by atomic mass is 14.9. The van der Waals surface area contributed by atoms with E-state index in [9.17, 15) is 0 Å². The summed E-state index contributed by atoms with van der Waals surface area (Å²) in [4.78, 5) is 10.3. The summed E-state index contributed by atoms with van der Waals surface area (Å²) in [5, 5.41) is 1.30. The average Bonchev–Trinajstić information content (AvgIpc) is 2.73. The van der Waals surface area contributed by atoms with Gasteiger partial charge in [0.1, 0.15) is 5.65 Å². The normalized spacial score (nSPS) is 12.0. The van der Waals surface area contributed by atoms with Crippen molar-refractivity contribution < 1.29 is 0 Å². The van der Waals surface area contributed by atoms with Gasteiger partial charge in [0.2, 0.25) is 0 Å². The van der Waals surface area contributed by atoms with Crippen LogP contribution in [-0.4, -0.2) is 15.0 Å². The molecule has 3 nitrogen and oxygen atoms in total. The number of aryl methyl sites for hydroxylation is 4. The highest BCUT2D eigenvalue weighted by Gasteiger charge is 2.14. The van der Waals surface area contributed by atoms with Crippen LogP contribution in [0.3, 0.4) is 0 Å². The Morgan fingerprint density at radius 3 is 2.07 bits per heavy atom. The second-order valence-electron chi connectivity index (χ2n) is 4.38. The first kappa shape index (κ1) is 8.65. The minimum atomic E-state index is 1.13. The molecule has 0 aliphatic carbocycles. The summed E-state index contributed by atoms with van der Waals surface area (Å²) in [7, 11) is 0. The Morgan fingerprint density at radius 1 is 0.667 bits per heavy atom. The summed E-state index contributed by atoms with van der Waals surface area (Å²) in [6, 6.07) is 0. The van der Waals surface area contributed by atoms with Gasteiger partial charge in [0.05, 0.1) is 11.0 Å². The fraction of sp³-hybridized carbons (Fsp3) is 0.333. The molecule has 3 heterocycles. The van der Waals surface area contributed by atoms with Crippen LogP contribution in [0.25, 0.3) is 22.1 Å². The maximum absolute atomic E-state index is 3.45. The summed E-state index contributed by atoms with van der Waals surface area (Å²) in [6.45, 7) is 8.53. The maximum Gasteiger partial charge on any atom is 0.117 e. The van der Waals surface area contributed by atoms with Gasteiger partial charge in [0, 0.05) is 16.8 Å². The summed E-state index contributed by atoms with van der Waals surface area (Å²) >= 11 is 0. The highest BCUT2D eigenvalue weighted by molar-refractivity contribution is 6.07. The first-order chi connectivity index (χ1) is 7.09. The molecular formula is C12H15N3. The van der Waals surface area contributed by atoms with E-state index >= 15 is 0 Å². The minimum absolute atomic E-state index is 1.13. The van der Waals surface area contributed by atoms with Crippen LogP contribution in [0.15, 0.2) is 0 Å². The largest absolute Gasteiger partial charge is 0.357 e. The first-order valence-corrected chi connectivity index (χ1v) is 5.25. The van der Waals surface area contributed by atoms with Gasteiger partial charge in [-0.1, -0.05) is 0 Å². The van der Waals surface area contributed by atoms with Gasteiger partial charge >= 0.3 is 0 Å². The third-order valence-corrected chi connectivity index (χ3v) is 3.50. The molecule has 0 spiro atoms. The molecule has 15 heavy (non-hydrogen) atoms. The average molecular weight is 201 g/mol. The minimum Gasteiger partial charge on any atom is -0.357 e. The molecule has 3 aromatic rings. The van der Waals surface area contributed by atoms with E-state index in [1.807, 2.05) is 0 Å². The molecule has 3 rings (SSSR count). The quantitative estimate of drug-likeness (QED) is 0.500. The molecule has 0 fully saturated rings. The number of aromatic nitrogens is 3. The second kappa shape index (κ2) is 2.48. The lowest BCUT2D eigenvalue weighted by molar-refractivity contribution is 1.23. The first-order valence-electron chi connectivity index (χ1n) is 5.25. The van der Waals surface area contributed by atoms with Crippen LogP contribution in [0, 0.1) is 27.7 Å². The Balaban J connectivity index is 2.60. The number of aromatic amines is 3. The summed E-state index contributed by atoms with van der Waals surface area (Å²) < 4.78 is 0. The molecule has 0 radical (unpaired) electrons. The zero-order valence-electron chi connectivity index (χ0n) is 9.50. The molecule has 0 aromatic carbocycles. The van der Waals surface area contributed by atoms with E-state index in [-0.39, 0.29) is 0 Å². The van der Waals surface area contributed by atoms with E-state index < -0.39 is 0 Å². The Hall–Kier alpha value is -1.64. The third-order valence-electron chi connectivity index (χ3n) is 3.50. The molecule has 78 valence electrons. The molecule has 0 saturated heterocycles. The van der Waals surface area contributed by atoms with Crippen molar-refractivity contribution in [3.8, 4) is 0 Å². The van der Waals surface area contributed by atoms with Gasteiger partial charge in [-0.15, -0.1) is 0 Å². The fourth-order valence-electron chi connectivity index (χ4n) is 2.31. The van der Waals surface area contributed by atoms with Crippen molar-refractivity contribution in [2.24, 2.45) is 0 Å². The molecule has 0 unspecified atom stereocenters. The number of fused-ring (bicyclic) bond motifs is 3. The van der Waals surface area contributed by atoms with E-state index in [2.05, 4.69) is 42.6 Å². The Kier molecular flexibility index (Phi) is 1.43. The molecular weight excluding hydrogens is 186 g/mol. The van der Waals surface area contributed by atoms with E-state index in [0.29, 0.717) is 0 Å². The van der Waals surface area contributed by atoms with Gasteiger partial charge in [-0.3, -0.25) is 0 Å². The summed E-state index contributed by atoms with van der Waals surface area (Å²) in [5.41, 5.74) is 8.73. The Bertz CT molecular complexity index is 664. The predicted molar refractivity (Wildman–Crippen MR) is 63.5 cm³/mol. The molecule has 3 aromatic heterocycles. The molecule has 0 saturated carbocycles. The predicted octanol–water partition coefficient (Wildman–Crippen LogP) is 3.21.